The zero-order valence-corrected chi connectivity index (χ0v) is 15.8. The first-order valence-corrected chi connectivity index (χ1v) is 9.70. The number of aromatic nitrogens is 1. The molecule has 134 valence electrons. The predicted molar refractivity (Wildman–Crippen MR) is 102 cm³/mol. The first-order valence-electron chi connectivity index (χ1n) is 8.82. The van der Waals surface area contributed by atoms with E-state index < -0.39 is 0 Å². The van der Waals surface area contributed by atoms with Crippen LogP contribution in [0.1, 0.15) is 35.1 Å². The lowest BCUT2D eigenvalue weighted by Crippen LogP contribution is -2.42. The van der Waals surface area contributed by atoms with Crippen LogP contribution >= 0.6 is 11.3 Å². The van der Waals surface area contributed by atoms with Crippen LogP contribution in [0.4, 0.5) is 4.79 Å². The van der Waals surface area contributed by atoms with Gasteiger partial charge in [-0.15, -0.1) is 11.3 Å². The Morgan fingerprint density at radius 2 is 2.04 bits per heavy atom. The number of carbonyl (C=O) groups is 1. The molecule has 1 unspecified atom stereocenters. The molecule has 1 N–H and O–H groups in total. The van der Waals surface area contributed by atoms with E-state index >= 15 is 0 Å². The summed E-state index contributed by atoms with van der Waals surface area (Å²) in [5, 5.41) is 6.15. The minimum Gasteiger partial charge on any atom is -0.336 e. The number of carbonyl (C=O) groups excluding carboxylic acids is 1. The second-order valence-electron chi connectivity index (χ2n) is 6.57. The molecule has 1 fully saturated rings. The number of nitrogens with one attached hydrogen (secondary N) is 1. The highest BCUT2D eigenvalue weighted by molar-refractivity contribution is 7.09. The minimum absolute atomic E-state index is 0.0502. The van der Waals surface area contributed by atoms with Crippen molar-refractivity contribution in [2.75, 3.05) is 26.7 Å². The number of rotatable bonds is 6. The fourth-order valence-electron chi connectivity index (χ4n) is 3.30. The number of nitrogens with zero attached hydrogens (tertiary/aromatic N) is 3. The van der Waals surface area contributed by atoms with E-state index in [0.29, 0.717) is 13.1 Å². The van der Waals surface area contributed by atoms with Crippen LogP contribution in [-0.4, -0.2) is 47.5 Å². The van der Waals surface area contributed by atoms with Gasteiger partial charge in [-0.3, -0.25) is 4.90 Å². The third kappa shape index (κ3) is 4.80. The van der Waals surface area contributed by atoms with Gasteiger partial charge in [-0.25, -0.2) is 9.78 Å². The van der Waals surface area contributed by atoms with Crippen LogP contribution in [0.25, 0.3) is 0 Å². The number of thiazole rings is 1. The summed E-state index contributed by atoms with van der Waals surface area (Å²) in [4.78, 5) is 21.1. The number of urea groups is 1. The molecule has 0 bridgehead atoms. The van der Waals surface area contributed by atoms with Gasteiger partial charge < -0.3 is 10.2 Å². The number of hydrogen-bond donors (Lipinski definition) is 1. The molecule has 1 saturated heterocycles. The molecule has 2 amide bonds. The summed E-state index contributed by atoms with van der Waals surface area (Å²) >= 11 is 1.61. The highest BCUT2D eigenvalue weighted by atomic mass is 32.1. The molecule has 25 heavy (non-hydrogen) atoms. The Morgan fingerprint density at radius 1 is 1.32 bits per heavy atom. The van der Waals surface area contributed by atoms with Crippen molar-refractivity contribution in [1.82, 2.24) is 20.1 Å². The third-order valence-corrected chi connectivity index (χ3v) is 5.45. The van der Waals surface area contributed by atoms with E-state index in [1.165, 1.54) is 18.4 Å². The van der Waals surface area contributed by atoms with Crippen LogP contribution in [0, 0.1) is 6.92 Å². The number of aryl methyl sites for hydroxylation is 1. The van der Waals surface area contributed by atoms with Gasteiger partial charge in [0.25, 0.3) is 0 Å². The van der Waals surface area contributed by atoms with E-state index in [1.54, 1.807) is 16.2 Å². The van der Waals surface area contributed by atoms with Crippen LogP contribution in [0.15, 0.2) is 35.7 Å². The Bertz CT molecular complexity index is 682. The lowest BCUT2D eigenvalue weighted by atomic mass is 10.1. The second kappa shape index (κ2) is 8.45. The largest absolute Gasteiger partial charge is 0.336 e. The Kier molecular flexibility index (Phi) is 6.04. The first-order chi connectivity index (χ1) is 12.1. The van der Waals surface area contributed by atoms with Gasteiger partial charge in [-0.2, -0.15) is 0 Å². The molecule has 2 heterocycles. The monoisotopic (exact) mass is 358 g/mol. The summed E-state index contributed by atoms with van der Waals surface area (Å²) in [5.41, 5.74) is 2.21. The van der Waals surface area contributed by atoms with Crippen LogP contribution in [0.3, 0.4) is 0 Å². The predicted octanol–water partition coefficient (Wildman–Crippen LogP) is 3.43. The zero-order chi connectivity index (χ0) is 17.6. The van der Waals surface area contributed by atoms with E-state index in [1.807, 2.05) is 25.4 Å². The third-order valence-electron chi connectivity index (χ3n) is 4.62. The van der Waals surface area contributed by atoms with Crippen molar-refractivity contribution in [1.29, 1.82) is 0 Å². The van der Waals surface area contributed by atoms with Gasteiger partial charge in [0.2, 0.25) is 0 Å². The average molecular weight is 359 g/mol. The molecular formula is C19H26N4OS. The van der Waals surface area contributed by atoms with E-state index in [2.05, 4.69) is 39.5 Å². The van der Waals surface area contributed by atoms with Gasteiger partial charge in [-0.05, 0) is 38.4 Å². The molecule has 1 aromatic heterocycles. The highest BCUT2D eigenvalue weighted by Gasteiger charge is 2.24. The number of benzene rings is 1. The summed E-state index contributed by atoms with van der Waals surface area (Å²) < 4.78 is 0. The molecule has 6 heteroatoms. The molecule has 1 aliphatic rings. The molecule has 0 radical (unpaired) electrons. The topological polar surface area (TPSA) is 48.5 Å². The van der Waals surface area contributed by atoms with Gasteiger partial charge in [0.1, 0.15) is 0 Å². The van der Waals surface area contributed by atoms with Crippen LogP contribution in [0.5, 0.6) is 0 Å². The maximum Gasteiger partial charge on any atom is 0.317 e. The van der Waals surface area contributed by atoms with Gasteiger partial charge >= 0.3 is 6.03 Å². The van der Waals surface area contributed by atoms with Crippen LogP contribution in [0.2, 0.25) is 0 Å². The van der Waals surface area contributed by atoms with Crippen LogP contribution in [-0.2, 0) is 6.54 Å². The average Bonchev–Trinajstić information content (AvgIpc) is 3.28. The maximum absolute atomic E-state index is 12.5. The van der Waals surface area contributed by atoms with E-state index in [4.69, 9.17) is 0 Å². The number of amides is 2. The summed E-state index contributed by atoms with van der Waals surface area (Å²) in [6.45, 7) is 5.35. The molecule has 0 aliphatic carbocycles. The van der Waals surface area contributed by atoms with Crippen molar-refractivity contribution in [3.8, 4) is 0 Å². The van der Waals surface area contributed by atoms with E-state index in [9.17, 15) is 4.79 Å². The van der Waals surface area contributed by atoms with E-state index in [-0.39, 0.29) is 12.1 Å². The molecule has 1 aliphatic heterocycles. The highest BCUT2D eigenvalue weighted by Crippen LogP contribution is 2.24. The number of hydrogen-bond acceptors (Lipinski definition) is 4. The van der Waals surface area contributed by atoms with Crippen molar-refractivity contribution in [2.45, 2.75) is 32.4 Å². The molecule has 3 rings (SSSR count). The van der Waals surface area contributed by atoms with Crippen molar-refractivity contribution in [2.24, 2.45) is 0 Å². The normalized spacial score (nSPS) is 15.9. The van der Waals surface area contributed by atoms with Gasteiger partial charge in [-0.1, -0.05) is 30.3 Å². The van der Waals surface area contributed by atoms with Crippen LogP contribution < -0.4 is 5.32 Å². The summed E-state index contributed by atoms with van der Waals surface area (Å²) in [6, 6.07) is 10.7. The van der Waals surface area contributed by atoms with Crippen molar-refractivity contribution < 1.29 is 4.79 Å². The molecular weight excluding hydrogens is 332 g/mol. The lowest BCUT2D eigenvalue weighted by molar-refractivity contribution is 0.195. The minimum atomic E-state index is -0.0502. The second-order valence-corrected chi connectivity index (χ2v) is 7.63. The molecule has 1 atom stereocenters. The first kappa shape index (κ1) is 17.9. The van der Waals surface area contributed by atoms with Gasteiger partial charge in [0.15, 0.2) is 0 Å². The fourth-order valence-corrected chi connectivity index (χ4v) is 3.90. The summed E-state index contributed by atoms with van der Waals surface area (Å²) in [6.07, 6.45) is 2.47. The summed E-state index contributed by atoms with van der Waals surface area (Å²) in [5.74, 6) is 0. The quantitative estimate of drug-likeness (QED) is 0.861. The molecule has 2 aromatic rings. The maximum atomic E-state index is 12.5. The molecule has 1 aromatic carbocycles. The molecule has 0 spiro atoms. The Morgan fingerprint density at radius 3 is 2.68 bits per heavy atom. The Labute approximate surface area is 153 Å². The molecule has 5 nitrogen and oxygen atoms in total. The van der Waals surface area contributed by atoms with Gasteiger partial charge in [0, 0.05) is 19.0 Å². The van der Waals surface area contributed by atoms with Crippen molar-refractivity contribution >= 4 is 17.4 Å². The van der Waals surface area contributed by atoms with Crippen molar-refractivity contribution in [3.63, 3.8) is 0 Å². The SMILES string of the molecule is Cc1nc(CN(C)C(=O)NCC(c2ccccc2)N2CCCC2)cs1. The van der Waals surface area contributed by atoms with Crippen molar-refractivity contribution in [3.05, 3.63) is 52.0 Å². The zero-order valence-electron chi connectivity index (χ0n) is 14.9. The lowest BCUT2D eigenvalue weighted by Gasteiger charge is -2.29. The standard InChI is InChI=1S/C19H26N4OS/c1-15-21-17(14-25-15)13-22(2)19(24)20-12-18(23-10-6-7-11-23)16-8-4-3-5-9-16/h3-5,8-9,14,18H,6-7,10-13H2,1-2H3,(H,20,24). The fraction of sp³-hybridized carbons (Fsp3) is 0.474. The number of likely N-dealkylation sites (tertiary alicyclic amines) is 1. The van der Waals surface area contributed by atoms with Gasteiger partial charge in [0.05, 0.1) is 23.3 Å². The summed E-state index contributed by atoms with van der Waals surface area (Å²) in [7, 11) is 1.82. The Balaban J connectivity index is 1.59. The molecule has 0 saturated carbocycles. The Hall–Kier alpha value is -1.92. The van der Waals surface area contributed by atoms with E-state index in [0.717, 1.165) is 23.8 Å². The smallest absolute Gasteiger partial charge is 0.317 e.